The van der Waals surface area contributed by atoms with Crippen molar-refractivity contribution in [2.24, 2.45) is 0 Å². The molecule has 300 valence electrons. The fourth-order valence-electron chi connectivity index (χ4n) is 6.20. The topological polar surface area (TPSA) is 79.2 Å². The van der Waals surface area contributed by atoms with E-state index < -0.39 is 28.7 Å². The Labute approximate surface area is 314 Å². The maximum absolute atomic E-state index is 11.3. The summed E-state index contributed by atoms with van der Waals surface area (Å²) < 4.78 is 14.4. The minimum atomic E-state index is -1.99. The molecule has 0 fully saturated rings. The number of aliphatic hydroxyl groups excluding tert-OH is 1. The van der Waals surface area contributed by atoms with E-state index in [1.165, 1.54) is 103 Å². The molecule has 0 aliphatic heterocycles. The van der Waals surface area contributed by atoms with Gasteiger partial charge in [-0.2, -0.15) is 0 Å². The first kappa shape index (κ1) is 49.7. The molecule has 0 aromatic carbocycles. The number of nitrogens with zero attached hydrogens (tertiary/aromatic N) is 1. The van der Waals surface area contributed by atoms with Crippen LogP contribution in [0.3, 0.4) is 0 Å². The smallest absolute Gasteiger partial charge is 0.332 e. The average Bonchev–Trinajstić information content (AvgIpc) is 3.00. The molecule has 2 N–H and O–H groups in total. The Bertz CT molecular complexity index is 785. The second kappa shape index (κ2) is 26.5. The predicted molar refractivity (Wildman–Crippen MR) is 223 cm³/mol. The van der Waals surface area contributed by atoms with E-state index in [2.05, 4.69) is 86.5 Å². The van der Waals surface area contributed by atoms with Crippen molar-refractivity contribution in [2.75, 3.05) is 19.6 Å². The van der Waals surface area contributed by atoms with E-state index in [1.54, 1.807) is 0 Å². The number of carboxylic acid groups (broad SMARTS) is 1. The van der Waals surface area contributed by atoms with E-state index in [0.29, 0.717) is 12.8 Å². The molecule has 0 radical (unpaired) electrons. The van der Waals surface area contributed by atoms with Gasteiger partial charge in [0.05, 0.1) is 12.2 Å². The Hall–Kier alpha value is -0.256. The van der Waals surface area contributed by atoms with Gasteiger partial charge < -0.3 is 19.1 Å². The maximum Gasteiger partial charge on any atom is 0.332 e. The van der Waals surface area contributed by atoms with Crippen molar-refractivity contribution in [3.8, 4) is 0 Å². The Morgan fingerprint density at radius 3 is 1.20 bits per heavy atom. The Balaban J connectivity index is 5.97. The van der Waals surface area contributed by atoms with Crippen molar-refractivity contribution in [1.29, 1.82) is 0 Å². The quantitative estimate of drug-likeness (QED) is 0.0527. The first-order valence-electron chi connectivity index (χ1n) is 21.3. The van der Waals surface area contributed by atoms with Crippen molar-refractivity contribution < 1.29 is 23.9 Å². The summed E-state index contributed by atoms with van der Waals surface area (Å²) in [6.45, 7) is 30.8. The minimum Gasteiger partial charge on any atom is -0.479 e. The van der Waals surface area contributed by atoms with Gasteiger partial charge in [-0.3, -0.25) is 4.90 Å². The molecule has 0 rings (SSSR count). The summed E-state index contributed by atoms with van der Waals surface area (Å²) in [6, 6.07) is 0. The van der Waals surface area contributed by atoms with Crippen molar-refractivity contribution >= 4 is 22.6 Å². The van der Waals surface area contributed by atoms with Gasteiger partial charge in [0.1, 0.15) is 0 Å². The number of carboxylic acids is 1. The van der Waals surface area contributed by atoms with Gasteiger partial charge in [-0.25, -0.2) is 4.79 Å². The van der Waals surface area contributed by atoms with E-state index in [-0.39, 0.29) is 22.3 Å². The van der Waals surface area contributed by atoms with Gasteiger partial charge in [0.2, 0.25) is 0 Å². The molecule has 0 aromatic rings. The van der Waals surface area contributed by atoms with Gasteiger partial charge in [0.15, 0.2) is 22.7 Å². The highest BCUT2D eigenvalue weighted by atomic mass is 28.4. The lowest BCUT2D eigenvalue weighted by Crippen LogP contribution is -2.50. The lowest BCUT2D eigenvalue weighted by Gasteiger charge is -2.42. The summed E-state index contributed by atoms with van der Waals surface area (Å²) in [4.78, 5) is 13.9. The number of carbonyl (C=O) groups is 1. The molecule has 0 bridgehead atoms. The Kier molecular flexibility index (Phi) is 26.4. The summed E-state index contributed by atoms with van der Waals surface area (Å²) >= 11 is 0. The van der Waals surface area contributed by atoms with Crippen LogP contribution in [0.1, 0.15) is 190 Å². The Morgan fingerprint density at radius 1 is 0.560 bits per heavy atom. The van der Waals surface area contributed by atoms with Crippen LogP contribution in [-0.4, -0.2) is 75.7 Å². The molecule has 8 heteroatoms. The SMILES string of the molecule is CCCCCCCCCCC(CN(CCCCC(O)C(=O)O)C[C@@H](CCCCCCCCCC)O[Si](C)(C)C(C)(C)C)O[Si](C)(C)C(C)(C)C. The maximum atomic E-state index is 11.3. The number of hydrogen-bond acceptors (Lipinski definition) is 5. The number of hydrogen-bond donors (Lipinski definition) is 2. The minimum absolute atomic E-state index is 0.146. The van der Waals surface area contributed by atoms with Crippen molar-refractivity contribution in [1.82, 2.24) is 4.90 Å². The van der Waals surface area contributed by atoms with Crippen LogP contribution in [0, 0.1) is 0 Å². The summed E-state index contributed by atoms with van der Waals surface area (Å²) in [5, 5.41) is 19.5. The first-order chi connectivity index (χ1) is 23.3. The van der Waals surface area contributed by atoms with Gasteiger partial charge >= 0.3 is 5.97 Å². The summed E-state index contributed by atoms with van der Waals surface area (Å²) in [7, 11) is -3.97. The molecule has 0 heterocycles. The molecule has 6 nitrogen and oxygen atoms in total. The largest absolute Gasteiger partial charge is 0.479 e. The molecule has 3 atom stereocenters. The van der Waals surface area contributed by atoms with E-state index in [4.69, 9.17) is 8.85 Å². The van der Waals surface area contributed by atoms with E-state index >= 15 is 0 Å². The average molecular weight is 744 g/mol. The van der Waals surface area contributed by atoms with Gasteiger partial charge in [-0.05, 0) is 74.9 Å². The highest BCUT2D eigenvalue weighted by Crippen LogP contribution is 2.39. The zero-order valence-electron chi connectivity index (χ0n) is 35.8. The lowest BCUT2D eigenvalue weighted by atomic mass is 10.0. The molecule has 0 saturated carbocycles. The van der Waals surface area contributed by atoms with Crippen molar-refractivity contribution in [2.45, 2.75) is 245 Å². The standard InChI is InChI=1S/C42H89NO5Si2/c1-13-15-17-19-21-23-25-27-31-37(47-49(9,10)41(3,4)5)35-43(34-30-29-33-39(44)40(45)46)36-38(48-50(11,12)42(6,7)8)32-28-26-24-22-20-18-16-14-2/h37-39,44H,13-36H2,1-12H3,(H,45,46)/t37-,38?,39?/m1/s1. The van der Waals surface area contributed by atoms with Crippen LogP contribution in [0.25, 0.3) is 0 Å². The molecule has 0 saturated heterocycles. The van der Waals surface area contributed by atoms with Gasteiger partial charge in [-0.15, -0.1) is 0 Å². The van der Waals surface area contributed by atoms with Gasteiger partial charge in [0.25, 0.3) is 0 Å². The molecule has 0 spiro atoms. The van der Waals surface area contributed by atoms with Crippen LogP contribution >= 0.6 is 0 Å². The van der Waals surface area contributed by atoms with Gasteiger partial charge in [-0.1, -0.05) is 158 Å². The summed E-state index contributed by atoms with van der Waals surface area (Å²) in [5.74, 6) is -1.12. The van der Waals surface area contributed by atoms with E-state index in [0.717, 1.165) is 38.9 Å². The molecular formula is C42H89NO5Si2. The second-order valence-electron chi connectivity index (χ2n) is 18.6. The first-order valence-corrected chi connectivity index (χ1v) is 27.1. The highest BCUT2D eigenvalue weighted by Gasteiger charge is 2.41. The van der Waals surface area contributed by atoms with E-state index in [9.17, 15) is 15.0 Å². The third kappa shape index (κ3) is 23.4. The fraction of sp³-hybridized carbons (Fsp3) is 0.976. The predicted octanol–water partition coefficient (Wildman–Crippen LogP) is 12.7. The van der Waals surface area contributed by atoms with Gasteiger partial charge in [0, 0.05) is 13.1 Å². The lowest BCUT2D eigenvalue weighted by molar-refractivity contribution is -0.146. The molecular weight excluding hydrogens is 655 g/mol. The third-order valence-corrected chi connectivity index (χ3v) is 20.8. The third-order valence-electron chi connectivity index (χ3n) is 11.7. The van der Waals surface area contributed by atoms with Crippen LogP contribution in [0.5, 0.6) is 0 Å². The monoisotopic (exact) mass is 744 g/mol. The summed E-state index contributed by atoms with van der Waals surface area (Å²) in [5.41, 5.74) is 0. The fourth-order valence-corrected chi connectivity index (χ4v) is 8.96. The molecule has 0 aliphatic rings. The van der Waals surface area contributed by atoms with E-state index in [1.807, 2.05) is 0 Å². The normalized spacial score (nSPS) is 15.1. The summed E-state index contributed by atoms with van der Waals surface area (Å²) in [6.07, 6.45) is 24.1. The highest BCUT2D eigenvalue weighted by molar-refractivity contribution is 6.74. The molecule has 2 unspecified atom stereocenters. The molecule has 50 heavy (non-hydrogen) atoms. The van der Waals surface area contributed by atoms with Crippen LogP contribution < -0.4 is 0 Å². The molecule has 0 aliphatic carbocycles. The number of aliphatic carboxylic acids is 1. The van der Waals surface area contributed by atoms with Crippen LogP contribution in [0.2, 0.25) is 36.3 Å². The zero-order valence-corrected chi connectivity index (χ0v) is 37.8. The van der Waals surface area contributed by atoms with Crippen LogP contribution in [-0.2, 0) is 13.6 Å². The van der Waals surface area contributed by atoms with Crippen LogP contribution in [0.15, 0.2) is 0 Å². The van der Waals surface area contributed by atoms with Crippen LogP contribution in [0.4, 0.5) is 0 Å². The number of aliphatic hydroxyl groups is 1. The zero-order chi connectivity index (χ0) is 38.3. The van der Waals surface area contributed by atoms with Crippen molar-refractivity contribution in [3.05, 3.63) is 0 Å². The number of rotatable bonds is 32. The van der Waals surface area contributed by atoms with Crippen molar-refractivity contribution in [3.63, 3.8) is 0 Å². The molecule has 0 amide bonds. The second-order valence-corrected chi connectivity index (χ2v) is 28.1. The Morgan fingerprint density at radius 2 is 0.880 bits per heavy atom. The number of unbranched alkanes of at least 4 members (excludes halogenated alkanes) is 15. The molecule has 0 aromatic heterocycles.